The van der Waals surface area contributed by atoms with Gasteiger partial charge >= 0.3 is 0 Å². The van der Waals surface area contributed by atoms with Gasteiger partial charge in [0, 0.05) is 24.9 Å². The predicted molar refractivity (Wildman–Crippen MR) is 94.9 cm³/mol. The van der Waals surface area contributed by atoms with E-state index >= 15 is 0 Å². The number of amides is 1. The Balaban J connectivity index is 1.85. The first-order valence-electron chi connectivity index (χ1n) is 8.08. The van der Waals surface area contributed by atoms with Crippen LogP contribution in [0.25, 0.3) is 22.4 Å². The molecule has 0 saturated carbocycles. The second-order valence-electron chi connectivity index (χ2n) is 6.16. The van der Waals surface area contributed by atoms with Crippen molar-refractivity contribution in [3.8, 4) is 11.3 Å². The fourth-order valence-electron chi connectivity index (χ4n) is 2.96. The van der Waals surface area contributed by atoms with Gasteiger partial charge in [0.1, 0.15) is 11.5 Å². The molecule has 26 heavy (non-hydrogen) atoms. The van der Waals surface area contributed by atoms with Gasteiger partial charge in [-0.15, -0.1) is 0 Å². The Morgan fingerprint density at radius 1 is 1.23 bits per heavy atom. The number of furan rings is 1. The van der Waals surface area contributed by atoms with Crippen molar-refractivity contribution in [1.82, 2.24) is 19.9 Å². The zero-order valence-electron chi connectivity index (χ0n) is 14.8. The number of carbonyl (C=O) groups excluding carboxylic acids is 1. The summed E-state index contributed by atoms with van der Waals surface area (Å²) in [6, 6.07) is 5.33. The molecule has 8 nitrogen and oxygen atoms in total. The lowest BCUT2D eigenvalue weighted by Gasteiger charge is -2.06. The number of carbonyl (C=O) groups is 1. The molecule has 4 aromatic heterocycles. The third kappa shape index (κ3) is 2.65. The summed E-state index contributed by atoms with van der Waals surface area (Å²) >= 11 is 0. The van der Waals surface area contributed by atoms with Crippen molar-refractivity contribution in [1.29, 1.82) is 0 Å². The number of anilines is 1. The molecule has 0 aliphatic rings. The highest BCUT2D eigenvalue weighted by atomic mass is 16.5. The smallest absolute Gasteiger partial charge is 0.259 e. The normalized spacial score (nSPS) is 11.2. The summed E-state index contributed by atoms with van der Waals surface area (Å²) in [5.41, 5.74) is 2.74. The minimum atomic E-state index is -0.304. The lowest BCUT2D eigenvalue weighted by Crippen LogP contribution is -2.13. The number of hydrogen-bond acceptors (Lipinski definition) is 6. The summed E-state index contributed by atoms with van der Waals surface area (Å²) in [6.07, 6.45) is 1.76. The summed E-state index contributed by atoms with van der Waals surface area (Å²) in [5, 5.41) is 11.5. The van der Waals surface area contributed by atoms with Gasteiger partial charge in [-0.2, -0.15) is 5.10 Å². The van der Waals surface area contributed by atoms with Crippen LogP contribution in [0.4, 0.5) is 5.82 Å². The number of nitrogens with one attached hydrogen (secondary N) is 1. The van der Waals surface area contributed by atoms with Crippen LogP contribution in [0.2, 0.25) is 0 Å². The van der Waals surface area contributed by atoms with E-state index in [2.05, 4.69) is 20.6 Å². The molecule has 0 aliphatic heterocycles. The number of aromatic nitrogens is 4. The molecule has 4 heterocycles. The van der Waals surface area contributed by atoms with Crippen LogP contribution in [-0.2, 0) is 7.05 Å². The molecule has 0 aliphatic carbocycles. The highest BCUT2D eigenvalue weighted by Gasteiger charge is 2.21. The molecule has 0 fully saturated rings. The number of aryl methyl sites for hydroxylation is 4. The van der Waals surface area contributed by atoms with E-state index in [0.717, 1.165) is 17.1 Å². The molecule has 0 atom stereocenters. The van der Waals surface area contributed by atoms with E-state index in [-0.39, 0.29) is 5.91 Å². The van der Waals surface area contributed by atoms with E-state index in [1.807, 2.05) is 19.9 Å². The Morgan fingerprint density at radius 3 is 2.69 bits per heavy atom. The van der Waals surface area contributed by atoms with E-state index in [1.165, 1.54) is 0 Å². The van der Waals surface area contributed by atoms with E-state index in [0.29, 0.717) is 33.9 Å². The SMILES string of the molecule is Cc1cc(-c2cc(C(=O)Nc3ccn(C)n3)c3c(C)noc3n2)c(C)o1. The fraction of sp³-hybridized carbons (Fsp3) is 0.222. The van der Waals surface area contributed by atoms with Crippen molar-refractivity contribution in [2.75, 3.05) is 5.32 Å². The number of nitrogens with zero attached hydrogens (tertiary/aromatic N) is 4. The topological polar surface area (TPSA) is 99.0 Å². The van der Waals surface area contributed by atoms with Gasteiger partial charge in [-0.3, -0.25) is 9.48 Å². The molecule has 0 saturated heterocycles. The quantitative estimate of drug-likeness (QED) is 0.607. The second-order valence-corrected chi connectivity index (χ2v) is 6.16. The molecule has 0 unspecified atom stereocenters. The van der Waals surface area contributed by atoms with Gasteiger partial charge in [-0.1, -0.05) is 5.16 Å². The first-order valence-corrected chi connectivity index (χ1v) is 8.08. The van der Waals surface area contributed by atoms with Crippen LogP contribution in [0, 0.1) is 20.8 Å². The Hall–Kier alpha value is -3.42. The molecule has 8 heteroatoms. The highest BCUT2D eigenvalue weighted by Crippen LogP contribution is 2.30. The third-order valence-corrected chi connectivity index (χ3v) is 4.13. The molecule has 4 rings (SSSR count). The largest absolute Gasteiger partial charge is 0.466 e. The molecule has 0 radical (unpaired) electrons. The van der Waals surface area contributed by atoms with E-state index in [4.69, 9.17) is 8.94 Å². The summed E-state index contributed by atoms with van der Waals surface area (Å²) < 4.78 is 12.5. The van der Waals surface area contributed by atoms with Gasteiger partial charge in [0.25, 0.3) is 11.6 Å². The summed E-state index contributed by atoms with van der Waals surface area (Å²) in [4.78, 5) is 17.4. The molecule has 0 spiro atoms. The minimum absolute atomic E-state index is 0.304. The first kappa shape index (κ1) is 16.1. The fourth-order valence-corrected chi connectivity index (χ4v) is 2.96. The predicted octanol–water partition coefficient (Wildman–Crippen LogP) is 3.39. The molecule has 132 valence electrons. The van der Waals surface area contributed by atoms with Crippen LogP contribution in [-0.4, -0.2) is 25.8 Å². The zero-order valence-corrected chi connectivity index (χ0v) is 14.8. The Morgan fingerprint density at radius 2 is 2.04 bits per heavy atom. The average molecular weight is 351 g/mol. The van der Waals surface area contributed by atoms with E-state index in [1.54, 1.807) is 37.0 Å². The number of hydrogen-bond donors (Lipinski definition) is 1. The molecule has 1 N–H and O–H groups in total. The van der Waals surface area contributed by atoms with Gasteiger partial charge in [0.15, 0.2) is 5.82 Å². The molecule has 4 aromatic rings. The van der Waals surface area contributed by atoms with Gasteiger partial charge in [-0.05, 0) is 32.9 Å². The maximum absolute atomic E-state index is 12.9. The molecule has 1 amide bonds. The van der Waals surface area contributed by atoms with Gasteiger partial charge < -0.3 is 14.3 Å². The standard InChI is InChI=1S/C18H17N5O3/c1-9-7-12(11(3)25-9)14-8-13(16-10(2)22-26-18(16)19-14)17(24)20-15-5-6-23(4)21-15/h5-8H,1-4H3,(H,20,21,24). The number of rotatable bonds is 3. The lowest BCUT2D eigenvalue weighted by molar-refractivity contribution is 0.102. The van der Waals surface area contributed by atoms with Crippen molar-refractivity contribution in [3.05, 3.63) is 47.2 Å². The van der Waals surface area contributed by atoms with Gasteiger partial charge in [-0.25, -0.2) is 4.98 Å². The monoisotopic (exact) mass is 351 g/mol. The number of pyridine rings is 1. The maximum atomic E-state index is 12.9. The molecular weight excluding hydrogens is 334 g/mol. The zero-order chi connectivity index (χ0) is 18.4. The van der Waals surface area contributed by atoms with Crippen LogP contribution in [0.1, 0.15) is 27.6 Å². The molecular formula is C18H17N5O3. The van der Waals surface area contributed by atoms with Gasteiger partial charge in [0.2, 0.25) is 0 Å². The van der Waals surface area contributed by atoms with Crippen LogP contribution in [0.5, 0.6) is 0 Å². The minimum Gasteiger partial charge on any atom is -0.466 e. The summed E-state index contributed by atoms with van der Waals surface area (Å²) in [6.45, 7) is 5.49. The Bertz CT molecular complexity index is 1140. The Labute approximate surface area is 148 Å². The van der Waals surface area contributed by atoms with Crippen molar-refractivity contribution in [2.45, 2.75) is 20.8 Å². The molecule has 0 bridgehead atoms. The highest BCUT2D eigenvalue weighted by molar-refractivity contribution is 6.12. The van der Waals surface area contributed by atoms with Crippen molar-refractivity contribution in [2.24, 2.45) is 7.05 Å². The van der Waals surface area contributed by atoms with Gasteiger partial charge in [0.05, 0.1) is 22.3 Å². The van der Waals surface area contributed by atoms with Crippen LogP contribution < -0.4 is 5.32 Å². The van der Waals surface area contributed by atoms with Crippen molar-refractivity contribution in [3.63, 3.8) is 0 Å². The van der Waals surface area contributed by atoms with Crippen LogP contribution in [0.3, 0.4) is 0 Å². The second kappa shape index (κ2) is 5.83. The van der Waals surface area contributed by atoms with E-state index < -0.39 is 0 Å². The maximum Gasteiger partial charge on any atom is 0.259 e. The van der Waals surface area contributed by atoms with Crippen molar-refractivity contribution >= 4 is 22.8 Å². The summed E-state index contributed by atoms with van der Waals surface area (Å²) in [5.74, 6) is 1.66. The third-order valence-electron chi connectivity index (χ3n) is 4.13. The molecule has 0 aromatic carbocycles. The first-order chi connectivity index (χ1) is 12.4. The van der Waals surface area contributed by atoms with Crippen LogP contribution >= 0.6 is 0 Å². The van der Waals surface area contributed by atoms with E-state index in [9.17, 15) is 4.79 Å². The van der Waals surface area contributed by atoms with Crippen molar-refractivity contribution < 1.29 is 13.7 Å². The van der Waals surface area contributed by atoms with Crippen LogP contribution in [0.15, 0.2) is 33.3 Å². The average Bonchev–Trinajstić information content (AvgIpc) is 3.26. The Kier molecular flexibility index (Phi) is 3.61. The summed E-state index contributed by atoms with van der Waals surface area (Å²) in [7, 11) is 1.78. The lowest BCUT2D eigenvalue weighted by atomic mass is 10.1. The number of fused-ring (bicyclic) bond motifs is 1.